The zero-order valence-corrected chi connectivity index (χ0v) is 6.81. The predicted molar refractivity (Wildman–Crippen MR) is 41.8 cm³/mol. The minimum Gasteiger partial charge on any atom is -0.314 e. The van der Waals surface area contributed by atoms with Crippen LogP contribution in [0.3, 0.4) is 0 Å². The second kappa shape index (κ2) is 3.58. The molecule has 0 bridgehead atoms. The number of nitrogens with zero attached hydrogens (tertiary/aromatic N) is 1. The monoisotopic (exact) mass is 155 g/mol. The summed E-state index contributed by atoms with van der Waals surface area (Å²) in [6, 6.07) is 1.96. The van der Waals surface area contributed by atoms with Gasteiger partial charge in [0.15, 0.2) is 0 Å². The lowest BCUT2D eigenvalue weighted by Crippen LogP contribution is -1.80. The molecule has 0 aromatic carbocycles. The number of aromatic nitrogens is 1. The molecule has 0 aliphatic carbocycles. The molecule has 0 aliphatic heterocycles. The number of rotatable bonds is 2. The second-order valence-corrected chi connectivity index (χ2v) is 2.83. The van der Waals surface area contributed by atoms with Gasteiger partial charge in [-0.1, -0.05) is 0 Å². The largest absolute Gasteiger partial charge is 0.314 e. The molecule has 0 fully saturated rings. The van der Waals surface area contributed by atoms with Crippen molar-refractivity contribution in [2.45, 2.75) is 11.8 Å². The SMILES string of the molecule is COSc1cnccc1C. The van der Waals surface area contributed by atoms with E-state index in [-0.39, 0.29) is 0 Å². The fraction of sp³-hybridized carbons (Fsp3) is 0.286. The fourth-order valence-electron chi connectivity index (χ4n) is 0.627. The van der Waals surface area contributed by atoms with Crippen molar-refractivity contribution in [1.82, 2.24) is 4.98 Å². The Kier molecular flexibility index (Phi) is 2.71. The molecule has 0 N–H and O–H groups in total. The molecule has 0 amide bonds. The van der Waals surface area contributed by atoms with Crippen LogP contribution in [0.2, 0.25) is 0 Å². The third-order valence-electron chi connectivity index (χ3n) is 1.16. The first-order chi connectivity index (χ1) is 4.84. The lowest BCUT2D eigenvalue weighted by Gasteiger charge is -1.99. The molecule has 0 radical (unpaired) electrons. The summed E-state index contributed by atoms with van der Waals surface area (Å²) >= 11 is 1.34. The number of pyridine rings is 1. The van der Waals surface area contributed by atoms with Crippen molar-refractivity contribution in [3.05, 3.63) is 24.0 Å². The Morgan fingerprint density at radius 1 is 1.60 bits per heavy atom. The van der Waals surface area contributed by atoms with E-state index in [0.29, 0.717) is 0 Å². The molecule has 0 saturated carbocycles. The highest BCUT2D eigenvalue weighted by molar-refractivity contribution is 7.94. The average Bonchev–Trinajstić information content (AvgIpc) is 1.94. The van der Waals surface area contributed by atoms with Crippen LogP contribution in [0.5, 0.6) is 0 Å². The molecule has 2 nitrogen and oxygen atoms in total. The minimum atomic E-state index is 1.07. The van der Waals surface area contributed by atoms with Gasteiger partial charge in [-0.05, 0) is 18.6 Å². The van der Waals surface area contributed by atoms with E-state index < -0.39 is 0 Å². The van der Waals surface area contributed by atoms with Crippen molar-refractivity contribution in [2.24, 2.45) is 0 Å². The predicted octanol–water partition coefficient (Wildman–Crippen LogP) is 2.04. The second-order valence-electron chi connectivity index (χ2n) is 1.89. The first-order valence-electron chi connectivity index (χ1n) is 2.96. The minimum absolute atomic E-state index is 1.07. The molecule has 3 heteroatoms. The molecule has 1 aromatic heterocycles. The van der Waals surface area contributed by atoms with Crippen LogP contribution in [0.4, 0.5) is 0 Å². The van der Waals surface area contributed by atoms with Crippen LogP contribution in [0.15, 0.2) is 23.4 Å². The summed E-state index contributed by atoms with van der Waals surface area (Å²) in [7, 11) is 1.65. The maximum atomic E-state index is 4.89. The van der Waals surface area contributed by atoms with Crippen molar-refractivity contribution in [1.29, 1.82) is 0 Å². The van der Waals surface area contributed by atoms with Crippen molar-refractivity contribution >= 4 is 12.0 Å². The van der Waals surface area contributed by atoms with Crippen LogP contribution < -0.4 is 0 Å². The number of hydrogen-bond acceptors (Lipinski definition) is 3. The van der Waals surface area contributed by atoms with Crippen LogP contribution in [0, 0.1) is 6.92 Å². The topological polar surface area (TPSA) is 22.1 Å². The molecular formula is C7H9NOS. The average molecular weight is 155 g/mol. The van der Waals surface area contributed by atoms with Gasteiger partial charge in [0.05, 0.1) is 12.0 Å². The van der Waals surface area contributed by atoms with E-state index in [1.165, 1.54) is 17.6 Å². The van der Waals surface area contributed by atoms with E-state index in [0.717, 1.165) is 4.90 Å². The molecular weight excluding hydrogens is 146 g/mol. The molecule has 1 rings (SSSR count). The van der Waals surface area contributed by atoms with Gasteiger partial charge in [-0.3, -0.25) is 4.98 Å². The van der Waals surface area contributed by atoms with Crippen LogP contribution in [0.1, 0.15) is 5.56 Å². The van der Waals surface area contributed by atoms with Gasteiger partial charge in [0.1, 0.15) is 0 Å². The quantitative estimate of drug-likeness (QED) is 0.610. The van der Waals surface area contributed by atoms with E-state index in [9.17, 15) is 0 Å². The van der Waals surface area contributed by atoms with Gasteiger partial charge in [0.2, 0.25) is 0 Å². The smallest absolute Gasteiger partial charge is 0.0565 e. The molecule has 1 heterocycles. The van der Waals surface area contributed by atoms with Crippen LogP contribution in [0.25, 0.3) is 0 Å². The Labute approximate surface area is 64.8 Å². The van der Waals surface area contributed by atoms with E-state index in [4.69, 9.17) is 4.18 Å². The van der Waals surface area contributed by atoms with Crippen molar-refractivity contribution in [3.8, 4) is 0 Å². The Balaban J connectivity index is 2.81. The Hall–Kier alpha value is -0.540. The number of aryl methyl sites for hydroxylation is 1. The van der Waals surface area contributed by atoms with Crippen molar-refractivity contribution in [2.75, 3.05) is 7.11 Å². The van der Waals surface area contributed by atoms with Crippen molar-refractivity contribution in [3.63, 3.8) is 0 Å². The lowest BCUT2D eigenvalue weighted by atomic mass is 10.3. The standard InChI is InChI=1S/C7H9NOS/c1-6-3-4-8-5-7(6)10-9-2/h3-5H,1-2H3. The van der Waals surface area contributed by atoms with Gasteiger partial charge < -0.3 is 4.18 Å². The normalized spacial score (nSPS) is 9.80. The zero-order chi connectivity index (χ0) is 7.40. The Morgan fingerprint density at radius 2 is 2.40 bits per heavy atom. The van der Waals surface area contributed by atoms with Gasteiger partial charge in [-0.2, -0.15) is 0 Å². The summed E-state index contributed by atoms with van der Waals surface area (Å²) < 4.78 is 4.89. The van der Waals surface area contributed by atoms with Crippen LogP contribution in [-0.2, 0) is 4.18 Å². The maximum Gasteiger partial charge on any atom is 0.0565 e. The van der Waals surface area contributed by atoms with Gasteiger partial charge in [0, 0.05) is 24.4 Å². The molecule has 0 atom stereocenters. The molecule has 1 aromatic rings. The van der Waals surface area contributed by atoms with Gasteiger partial charge in [-0.25, -0.2) is 0 Å². The maximum absolute atomic E-state index is 4.89. The fourth-order valence-corrected chi connectivity index (χ4v) is 1.11. The molecule has 10 heavy (non-hydrogen) atoms. The van der Waals surface area contributed by atoms with Gasteiger partial charge in [-0.15, -0.1) is 0 Å². The summed E-state index contributed by atoms with van der Waals surface area (Å²) in [5.41, 5.74) is 1.20. The molecule has 0 saturated heterocycles. The van der Waals surface area contributed by atoms with Crippen LogP contribution in [-0.4, -0.2) is 12.1 Å². The molecule has 0 aliphatic rings. The third-order valence-corrected chi connectivity index (χ3v) is 1.94. The molecule has 54 valence electrons. The third kappa shape index (κ3) is 1.72. The van der Waals surface area contributed by atoms with E-state index in [1.54, 1.807) is 19.5 Å². The first kappa shape index (κ1) is 7.57. The van der Waals surface area contributed by atoms with Crippen LogP contribution >= 0.6 is 12.0 Å². The Morgan fingerprint density at radius 3 is 3.00 bits per heavy atom. The van der Waals surface area contributed by atoms with Gasteiger partial charge >= 0.3 is 0 Å². The summed E-state index contributed by atoms with van der Waals surface area (Å²) in [6.07, 6.45) is 3.57. The van der Waals surface area contributed by atoms with E-state index in [2.05, 4.69) is 4.98 Å². The summed E-state index contributed by atoms with van der Waals surface area (Å²) in [4.78, 5) is 5.04. The van der Waals surface area contributed by atoms with E-state index >= 15 is 0 Å². The highest BCUT2D eigenvalue weighted by Crippen LogP contribution is 2.19. The number of hydrogen-bond donors (Lipinski definition) is 0. The summed E-state index contributed by atoms with van der Waals surface area (Å²) in [5.74, 6) is 0. The van der Waals surface area contributed by atoms with Crippen molar-refractivity contribution < 1.29 is 4.18 Å². The molecule has 0 spiro atoms. The first-order valence-corrected chi connectivity index (χ1v) is 3.70. The van der Waals surface area contributed by atoms with E-state index in [1.807, 2.05) is 13.0 Å². The summed E-state index contributed by atoms with van der Waals surface area (Å²) in [5, 5.41) is 0. The Bertz CT molecular complexity index is 215. The molecule has 0 unspecified atom stereocenters. The highest BCUT2D eigenvalue weighted by atomic mass is 32.2. The summed E-state index contributed by atoms with van der Waals surface area (Å²) in [6.45, 7) is 2.03. The highest BCUT2D eigenvalue weighted by Gasteiger charge is 1.95. The zero-order valence-electron chi connectivity index (χ0n) is 6.00. The van der Waals surface area contributed by atoms with Gasteiger partial charge in [0.25, 0.3) is 0 Å². The lowest BCUT2D eigenvalue weighted by molar-refractivity contribution is 0.489.